The molecule has 2 rings (SSSR count). The molecule has 0 aromatic heterocycles. The lowest BCUT2D eigenvalue weighted by atomic mass is 9.87. The van der Waals surface area contributed by atoms with E-state index in [0.717, 1.165) is 24.0 Å². The lowest BCUT2D eigenvalue weighted by molar-refractivity contribution is 0.0955. The van der Waals surface area contributed by atoms with Gasteiger partial charge < -0.3 is 16.0 Å². The van der Waals surface area contributed by atoms with Crippen LogP contribution in [-0.4, -0.2) is 31.0 Å². The average molecular weight is 472 g/mol. The van der Waals surface area contributed by atoms with Crippen molar-refractivity contribution in [1.82, 2.24) is 16.0 Å². The standard InChI is InChI=1S/C20H32N4O.HI/c1-4-21-19(25)17-8-6-7-16(13-17)14-23-20(22-5-2)24-18-11-9-15(3)10-12-18;/h6-8,13,15,18H,4-5,9-12,14H2,1-3H3,(H,21,25)(H2,22,23,24);1H. The van der Waals surface area contributed by atoms with Crippen molar-refractivity contribution in [2.75, 3.05) is 13.1 Å². The summed E-state index contributed by atoms with van der Waals surface area (Å²) in [6, 6.07) is 8.19. The van der Waals surface area contributed by atoms with E-state index in [2.05, 4.69) is 29.8 Å². The zero-order chi connectivity index (χ0) is 18.1. The second-order valence-electron chi connectivity index (χ2n) is 6.86. The fraction of sp³-hybridized carbons (Fsp3) is 0.600. The van der Waals surface area contributed by atoms with Crippen LogP contribution in [0.1, 0.15) is 62.4 Å². The number of benzene rings is 1. The van der Waals surface area contributed by atoms with Gasteiger partial charge in [0.2, 0.25) is 0 Å². The fourth-order valence-electron chi connectivity index (χ4n) is 3.16. The van der Waals surface area contributed by atoms with Gasteiger partial charge in [-0.1, -0.05) is 19.1 Å². The minimum Gasteiger partial charge on any atom is -0.357 e. The van der Waals surface area contributed by atoms with Crippen molar-refractivity contribution in [2.24, 2.45) is 10.9 Å². The molecule has 1 aromatic carbocycles. The molecule has 0 saturated heterocycles. The van der Waals surface area contributed by atoms with Gasteiger partial charge in [-0.05, 0) is 63.1 Å². The molecule has 0 atom stereocenters. The van der Waals surface area contributed by atoms with Gasteiger partial charge in [0, 0.05) is 24.7 Å². The van der Waals surface area contributed by atoms with Crippen LogP contribution in [0.5, 0.6) is 0 Å². The number of carbonyl (C=O) groups excluding carboxylic acids is 1. The number of guanidine groups is 1. The van der Waals surface area contributed by atoms with Crippen molar-refractivity contribution in [1.29, 1.82) is 0 Å². The van der Waals surface area contributed by atoms with Gasteiger partial charge in [0.1, 0.15) is 0 Å². The Kier molecular flexibility index (Phi) is 10.6. The van der Waals surface area contributed by atoms with E-state index in [1.54, 1.807) is 0 Å². The van der Waals surface area contributed by atoms with Gasteiger partial charge in [-0.2, -0.15) is 0 Å². The van der Waals surface area contributed by atoms with E-state index < -0.39 is 0 Å². The van der Waals surface area contributed by atoms with Gasteiger partial charge in [-0.15, -0.1) is 24.0 Å². The molecule has 0 radical (unpaired) electrons. The molecule has 0 aliphatic heterocycles. The van der Waals surface area contributed by atoms with Crippen LogP contribution in [0, 0.1) is 5.92 Å². The Labute approximate surface area is 174 Å². The number of nitrogens with zero attached hydrogens (tertiary/aromatic N) is 1. The van der Waals surface area contributed by atoms with Gasteiger partial charge in [0.25, 0.3) is 5.91 Å². The summed E-state index contributed by atoms with van der Waals surface area (Å²) in [4.78, 5) is 16.7. The van der Waals surface area contributed by atoms with Crippen LogP contribution in [0.4, 0.5) is 0 Å². The molecule has 0 unspecified atom stereocenters. The lowest BCUT2D eigenvalue weighted by Gasteiger charge is -2.28. The van der Waals surface area contributed by atoms with E-state index in [4.69, 9.17) is 4.99 Å². The quantitative estimate of drug-likeness (QED) is 0.336. The van der Waals surface area contributed by atoms with E-state index in [0.29, 0.717) is 24.7 Å². The van der Waals surface area contributed by atoms with Crippen LogP contribution in [-0.2, 0) is 6.54 Å². The molecule has 0 bridgehead atoms. The molecule has 146 valence electrons. The summed E-state index contributed by atoms with van der Waals surface area (Å²) in [5.41, 5.74) is 1.73. The molecular formula is C20H33IN4O. The molecule has 3 N–H and O–H groups in total. The maximum atomic E-state index is 12.0. The molecular weight excluding hydrogens is 439 g/mol. The van der Waals surface area contributed by atoms with Crippen LogP contribution in [0.25, 0.3) is 0 Å². The van der Waals surface area contributed by atoms with Gasteiger partial charge in [-0.25, -0.2) is 4.99 Å². The first-order valence-electron chi connectivity index (χ1n) is 9.54. The highest BCUT2D eigenvalue weighted by molar-refractivity contribution is 14.0. The molecule has 26 heavy (non-hydrogen) atoms. The molecule has 1 saturated carbocycles. The third-order valence-corrected chi connectivity index (χ3v) is 4.65. The number of hydrogen-bond donors (Lipinski definition) is 3. The predicted octanol–water partition coefficient (Wildman–Crippen LogP) is 3.69. The maximum absolute atomic E-state index is 12.0. The van der Waals surface area contributed by atoms with Gasteiger partial charge in [0.05, 0.1) is 6.54 Å². The Morgan fingerprint density at radius 3 is 2.46 bits per heavy atom. The Bertz CT molecular complexity index is 583. The molecule has 1 fully saturated rings. The highest BCUT2D eigenvalue weighted by Crippen LogP contribution is 2.23. The minimum absolute atomic E-state index is 0. The first-order chi connectivity index (χ1) is 12.1. The molecule has 6 heteroatoms. The smallest absolute Gasteiger partial charge is 0.251 e. The van der Waals surface area contributed by atoms with Crippen LogP contribution in [0.2, 0.25) is 0 Å². The van der Waals surface area contributed by atoms with E-state index in [9.17, 15) is 4.79 Å². The van der Waals surface area contributed by atoms with Crippen molar-refractivity contribution in [3.05, 3.63) is 35.4 Å². The Morgan fingerprint density at radius 1 is 1.12 bits per heavy atom. The van der Waals surface area contributed by atoms with Gasteiger partial charge >= 0.3 is 0 Å². The zero-order valence-corrected chi connectivity index (χ0v) is 18.5. The summed E-state index contributed by atoms with van der Waals surface area (Å²) in [6.45, 7) is 8.37. The Morgan fingerprint density at radius 2 is 1.81 bits per heavy atom. The van der Waals surface area contributed by atoms with Crippen molar-refractivity contribution < 1.29 is 4.79 Å². The second-order valence-corrected chi connectivity index (χ2v) is 6.86. The molecule has 0 heterocycles. The lowest BCUT2D eigenvalue weighted by Crippen LogP contribution is -2.44. The Balaban J connectivity index is 0.00000338. The van der Waals surface area contributed by atoms with E-state index in [-0.39, 0.29) is 29.9 Å². The maximum Gasteiger partial charge on any atom is 0.251 e. The van der Waals surface area contributed by atoms with Crippen LogP contribution in [0.15, 0.2) is 29.3 Å². The second kappa shape index (κ2) is 12.1. The van der Waals surface area contributed by atoms with E-state index in [1.807, 2.05) is 31.2 Å². The molecule has 5 nitrogen and oxygen atoms in total. The molecule has 1 aliphatic rings. The third-order valence-electron chi connectivity index (χ3n) is 4.65. The largest absolute Gasteiger partial charge is 0.357 e. The van der Waals surface area contributed by atoms with Crippen molar-refractivity contribution in [3.63, 3.8) is 0 Å². The number of amides is 1. The molecule has 1 aromatic rings. The fourth-order valence-corrected chi connectivity index (χ4v) is 3.16. The summed E-state index contributed by atoms with van der Waals surface area (Å²) < 4.78 is 0. The summed E-state index contributed by atoms with van der Waals surface area (Å²) >= 11 is 0. The van der Waals surface area contributed by atoms with E-state index in [1.165, 1.54) is 25.7 Å². The van der Waals surface area contributed by atoms with Crippen LogP contribution >= 0.6 is 24.0 Å². The highest BCUT2D eigenvalue weighted by Gasteiger charge is 2.18. The topological polar surface area (TPSA) is 65.5 Å². The SMILES string of the molecule is CCNC(=O)c1cccc(CN=C(NCC)NC2CCC(C)CC2)c1.I. The molecule has 0 spiro atoms. The first kappa shape index (κ1) is 22.7. The van der Waals surface area contributed by atoms with Gasteiger partial charge in [0.15, 0.2) is 5.96 Å². The number of rotatable bonds is 6. The number of hydrogen-bond acceptors (Lipinski definition) is 2. The number of nitrogens with one attached hydrogen (secondary N) is 3. The average Bonchev–Trinajstić information content (AvgIpc) is 2.62. The molecule has 1 amide bonds. The van der Waals surface area contributed by atoms with Crippen molar-refractivity contribution in [2.45, 2.75) is 59.0 Å². The van der Waals surface area contributed by atoms with Crippen LogP contribution < -0.4 is 16.0 Å². The normalized spacial score (nSPS) is 20.0. The highest BCUT2D eigenvalue weighted by atomic mass is 127. The minimum atomic E-state index is -0.0327. The predicted molar refractivity (Wildman–Crippen MR) is 119 cm³/mol. The first-order valence-corrected chi connectivity index (χ1v) is 9.54. The number of aliphatic imine (C=N–C) groups is 1. The van der Waals surface area contributed by atoms with Crippen LogP contribution in [0.3, 0.4) is 0 Å². The summed E-state index contributed by atoms with van der Waals surface area (Å²) in [6.07, 6.45) is 4.98. The van der Waals surface area contributed by atoms with Gasteiger partial charge in [-0.3, -0.25) is 4.79 Å². The van der Waals surface area contributed by atoms with E-state index >= 15 is 0 Å². The number of carbonyl (C=O) groups is 1. The third kappa shape index (κ3) is 7.51. The monoisotopic (exact) mass is 472 g/mol. The van der Waals surface area contributed by atoms with Crippen molar-refractivity contribution >= 4 is 35.8 Å². The zero-order valence-electron chi connectivity index (χ0n) is 16.2. The number of halogens is 1. The summed E-state index contributed by atoms with van der Waals surface area (Å²) in [5.74, 6) is 1.68. The Hall–Kier alpha value is -1.31. The summed E-state index contributed by atoms with van der Waals surface area (Å²) in [5, 5.41) is 9.73. The van der Waals surface area contributed by atoms with Crippen molar-refractivity contribution in [3.8, 4) is 0 Å². The summed E-state index contributed by atoms with van der Waals surface area (Å²) in [7, 11) is 0. The molecule has 1 aliphatic carbocycles.